The van der Waals surface area contributed by atoms with Crippen LogP contribution in [-0.2, 0) is 16.6 Å². The fourth-order valence-corrected chi connectivity index (χ4v) is 3.14. The van der Waals surface area contributed by atoms with Gasteiger partial charge in [0.05, 0.1) is 26.4 Å². The Morgan fingerprint density at radius 2 is 1.90 bits per heavy atom. The number of rotatable bonds is 4. The van der Waals surface area contributed by atoms with Gasteiger partial charge in [-0.15, -0.1) is 0 Å². The third-order valence-corrected chi connectivity index (χ3v) is 4.38. The predicted octanol–water partition coefficient (Wildman–Crippen LogP) is 3.35. The van der Waals surface area contributed by atoms with Gasteiger partial charge in [0.1, 0.15) is 5.82 Å². The lowest BCUT2D eigenvalue weighted by Gasteiger charge is -2.07. The standard InChI is InChI=1S/C14H12FNO3S/c1-10-11(5-4-7-13(10)16(17)18)9-20(19)14-8-3-2-6-12(14)15/h2-8H,9H2,1H3. The average Bonchev–Trinajstić information content (AvgIpc) is 2.41. The summed E-state index contributed by atoms with van der Waals surface area (Å²) in [6.07, 6.45) is 0. The van der Waals surface area contributed by atoms with E-state index >= 15 is 0 Å². The summed E-state index contributed by atoms with van der Waals surface area (Å²) in [6.45, 7) is 1.60. The number of hydrogen-bond acceptors (Lipinski definition) is 3. The summed E-state index contributed by atoms with van der Waals surface area (Å²) < 4.78 is 25.7. The lowest BCUT2D eigenvalue weighted by atomic mass is 10.1. The van der Waals surface area contributed by atoms with Crippen LogP contribution in [0.15, 0.2) is 47.4 Å². The summed E-state index contributed by atoms with van der Waals surface area (Å²) in [5.74, 6) is -0.483. The molecule has 0 aliphatic heterocycles. The second-order valence-corrected chi connectivity index (χ2v) is 5.66. The van der Waals surface area contributed by atoms with Gasteiger partial charge < -0.3 is 0 Å². The molecule has 2 aromatic carbocycles. The van der Waals surface area contributed by atoms with Gasteiger partial charge in [-0.25, -0.2) is 4.39 Å². The van der Waals surface area contributed by atoms with Crippen LogP contribution >= 0.6 is 0 Å². The second-order valence-electron chi connectivity index (χ2n) is 4.24. The smallest absolute Gasteiger partial charge is 0.258 e. The molecule has 0 amide bonds. The maximum absolute atomic E-state index is 13.5. The van der Waals surface area contributed by atoms with Crippen LogP contribution in [-0.4, -0.2) is 9.13 Å². The minimum Gasteiger partial charge on any atom is -0.258 e. The highest BCUT2D eigenvalue weighted by Crippen LogP contribution is 2.24. The average molecular weight is 293 g/mol. The van der Waals surface area contributed by atoms with Gasteiger partial charge in [0, 0.05) is 11.6 Å². The molecule has 2 rings (SSSR count). The molecule has 0 fully saturated rings. The van der Waals surface area contributed by atoms with E-state index in [9.17, 15) is 18.7 Å². The molecule has 0 saturated carbocycles. The van der Waals surface area contributed by atoms with Crippen molar-refractivity contribution >= 4 is 16.5 Å². The zero-order chi connectivity index (χ0) is 14.7. The molecule has 0 N–H and O–H groups in total. The summed E-state index contributed by atoms with van der Waals surface area (Å²) in [5.41, 5.74) is 1.02. The maximum atomic E-state index is 13.5. The van der Waals surface area contributed by atoms with Gasteiger partial charge in [-0.3, -0.25) is 14.3 Å². The number of benzene rings is 2. The molecule has 0 bridgehead atoms. The lowest BCUT2D eigenvalue weighted by Crippen LogP contribution is -2.02. The third kappa shape index (κ3) is 2.91. The van der Waals surface area contributed by atoms with Crippen molar-refractivity contribution in [1.82, 2.24) is 0 Å². The summed E-state index contributed by atoms with van der Waals surface area (Å²) in [7, 11) is -1.58. The zero-order valence-electron chi connectivity index (χ0n) is 10.7. The molecule has 0 aromatic heterocycles. The van der Waals surface area contributed by atoms with Crippen molar-refractivity contribution < 1.29 is 13.5 Å². The van der Waals surface area contributed by atoms with Crippen LogP contribution in [0.1, 0.15) is 11.1 Å². The number of nitro benzene ring substituents is 1. The number of nitrogens with zero attached hydrogens (tertiary/aromatic N) is 1. The van der Waals surface area contributed by atoms with Crippen LogP contribution in [0.4, 0.5) is 10.1 Å². The van der Waals surface area contributed by atoms with Gasteiger partial charge in [0.15, 0.2) is 0 Å². The normalized spacial score (nSPS) is 12.1. The van der Waals surface area contributed by atoms with Gasteiger partial charge in [0.25, 0.3) is 5.69 Å². The van der Waals surface area contributed by atoms with Crippen molar-refractivity contribution in [3.8, 4) is 0 Å². The largest absolute Gasteiger partial charge is 0.272 e. The van der Waals surface area contributed by atoms with E-state index < -0.39 is 21.5 Å². The number of nitro groups is 1. The molecule has 0 saturated heterocycles. The van der Waals surface area contributed by atoms with Crippen LogP contribution in [0, 0.1) is 22.9 Å². The van der Waals surface area contributed by atoms with E-state index in [2.05, 4.69) is 0 Å². The molecule has 2 aromatic rings. The molecule has 104 valence electrons. The molecule has 0 radical (unpaired) electrons. The van der Waals surface area contributed by atoms with E-state index in [1.54, 1.807) is 25.1 Å². The lowest BCUT2D eigenvalue weighted by molar-refractivity contribution is -0.385. The number of halogens is 1. The second kappa shape index (κ2) is 5.92. The summed E-state index contributed by atoms with van der Waals surface area (Å²) in [6, 6.07) is 10.4. The summed E-state index contributed by atoms with van der Waals surface area (Å²) >= 11 is 0. The van der Waals surface area contributed by atoms with E-state index in [1.165, 1.54) is 24.3 Å². The van der Waals surface area contributed by atoms with Crippen LogP contribution in [0.5, 0.6) is 0 Å². The minimum absolute atomic E-state index is 0.0203. The molecule has 1 unspecified atom stereocenters. The first kappa shape index (κ1) is 14.3. The molecule has 4 nitrogen and oxygen atoms in total. The van der Waals surface area contributed by atoms with Crippen molar-refractivity contribution in [2.24, 2.45) is 0 Å². The molecule has 0 aliphatic rings. The highest BCUT2D eigenvalue weighted by atomic mass is 32.2. The van der Waals surface area contributed by atoms with Gasteiger partial charge in [-0.2, -0.15) is 0 Å². The van der Waals surface area contributed by atoms with Crippen molar-refractivity contribution in [1.29, 1.82) is 0 Å². The van der Waals surface area contributed by atoms with Crippen molar-refractivity contribution in [3.05, 3.63) is 69.5 Å². The van der Waals surface area contributed by atoms with Gasteiger partial charge in [0.2, 0.25) is 0 Å². The van der Waals surface area contributed by atoms with E-state index in [0.29, 0.717) is 11.1 Å². The Hall–Kier alpha value is -2.08. The first-order valence-electron chi connectivity index (χ1n) is 5.86. The highest BCUT2D eigenvalue weighted by Gasteiger charge is 2.16. The quantitative estimate of drug-likeness (QED) is 0.641. The van der Waals surface area contributed by atoms with E-state index in [-0.39, 0.29) is 16.3 Å². The van der Waals surface area contributed by atoms with E-state index in [0.717, 1.165) is 0 Å². The van der Waals surface area contributed by atoms with Gasteiger partial charge in [-0.1, -0.05) is 24.3 Å². The summed E-state index contributed by atoms with van der Waals surface area (Å²) in [4.78, 5) is 10.5. The van der Waals surface area contributed by atoms with Crippen molar-refractivity contribution in [2.45, 2.75) is 17.6 Å². The Kier molecular flexibility index (Phi) is 4.24. The molecule has 6 heteroatoms. The molecule has 0 aliphatic carbocycles. The summed E-state index contributed by atoms with van der Waals surface area (Å²) in [5, 5.41) is 10.9. The van der Waals surface area contributed by atoms with Crippen LogP contribution in [0.2, 0.25) is 0 Å². The van der Waals surface area contributed by atoms with Crippen LogP contribution in [0.25, 0.3) is 0 Å². The Bertz CT molecular complexity index is 688. The maximum Gasteiger partial charge on any atom is 0.272 e. The molecule has 0 spiro atoms. The monoisotopic (exact) mass is 293 g/mol. The SMILES string of the molecule is Cc1c(CS(=O)c2ccccc2F)cccc1[N+](=O)[O-]. The Balaban J connectivity index is 2.32. The topological polar surface area (TPSA) is 60.2 Å². The van der Waals surface area contributed by atoms with Gasteiger partial charge >= 0.3 is 0 Å². The third-order valence-electron chi connectivity index (χ3n) is 2.98. The van der Waals surface area contributed by atoms with Crippen LogP contribution < -0.4 is 0 Å². The molecule has 0 heterocycles. The van der Waals surface area contributed by atoms with Crippen LogP contribution in [0.3, 0.4) is 0 Å². The Morgan fingerprint density at radius 1 is 1.20 bits per heavy atom. The number of hydrogen-bond donors (Lipinski definition) is 0. The molecular weight excluding hydrogens is 281 g/mol. The molecule has 20 heavy (non-hydrogen) atoms. The highest BCUT2D eigenvalue weighted by molar-refractivity contribution is 7.84. The first-order valence-corrected chi connectivity index (χ1v) is 7.18. The van der Waals surface area contributed by atoms with E-state index in [4.69, 9.17) is 0 Å². The minimum atomic E-state index is -1.58. The van der Waals surface area contributed by atoms with Crippen molar-refractivity contribution in [3.63, 3.8) is 0 Å². The van der Waals surface area contributed by atoms with Gasteiger partial charge in [-0.05, 0) is 24.6 Å². The fraction of sp³-hybridized carbons (Fsp3) is 0.143. The zero-order valence-corrected chi connectivity index (χ0v) is 11.5. The predicted molar refractivity (Wildman–Crippen MR) is 74.3 cm³/mol. The Labute approximate surface area is 117 Å². The first-order chi connectivity index (χ1) is 9.50. The fourth-order valence-electron chi connectivity index (χ4n) is 1.87. The molecular formula is C14H12FNO3S. The van der Waals surface area contributed by atoms with Crippen molar-refractivity contribution in [2.75, 3.05) is 0 Å². The Morgan fingerprint density at radius 3 is 2.55 bits per heavy atom. The van der Waals surface area contributed by atoms with E-state index in [1.807, 2.05) is 0 Å². The molecule has 1 atom stereocenters.